The second-order valence-electron chi connectivity index (χ2n) is 39.1. The smallest absolute Gasteiger partial charge is 0.550 e. The van der Waals surface area contributed by atoms with E-state index in [0.29, 0.717) is 141 Å². The van der Waals surface area contributed by atoms with Crippen LogP contribution in [0.1, 0.15) is 293 Å². The van der Waals surface area contributed by atoms with Crippen molar-refractivity contribution in [2.75, 3.05) is 19.0 Å². The van der Waals surface area contributed by atoms with E-state index in [0.717, 1.165) is 25.7 Å². The molecular weight excluding hydrogens is 1610 g/mol. The minimum Gasteiger partial charge on any atom is -0.550 e. The second kappa shape index (κ2) is 45.0. The number of carboxylic acids is 2. The third-order valence-electron chi connectivity index (χ3n) is 30.9. The number of aliphatic carboxylic acids is 2. The SMILES string of the molecule is CCCCNC(=O)N[C@@H]1C=C[C@]2(O[C@H]([C@@H](CC)C(=O)[C@@H](C)[C@@H](O)[C@H](C)[C@@H]3O[C@@H]([C@@H](CC)C(=O)[O-])CC[C@@H]3C)[C@@H](C)C[C@H]2C)O[C@@]12CC[C@@](C)([C@H]1CC[C@](O)(CC)[C@H](C)O1)O2.CC[C@@H](C(=O)[C@@H](C)[C@@H](O)[C@H](C)[C@@H]1O[C@@H]([C@@H](CC)C(=O)[O-])CC[C@@H]1C)[C@H]1O[C@]2(C=C[C@@H](NC(=O)NCCCCl)[C@]3(CC[C@@](C)([C@H]4CC[C@](O)(CC)[C@H](C)O4)O3)O2)[C@H](C)C[C@@H]1C.[Na+].[Na+]. The van der Waals surface area contributed by atoms with Crippen LogP contribution in [0.5, 0.6) is 0 Å². The van der Waals surface area contributed by atoms with E-state index in [1.807, 2.05) is 114 Å². The monoisotopic (exact) mass is 1760 g/mol. The summed E-state index contributed by atoms with van der Waals surface area (Å²) in [7, 11) is 0. The van der Waals surface area contributed by atoms with Gasteiger partial charge < -0.3 is 109 Å². The van der Waals surface area contributed by atoms with E-state index in [4.69, 9.17) is 59.0 Å². The normalized spacial score (nSPS) is 41.3. The van der Waals surface area contributed by atoms with Gasteiger partial charge in [0.15, 0.2) is 23.1 Å². The number of aliphatic hydroxyl groups excluding tert-OH is 2. The van der Waals surface area contributed by atoms with Gasteiger partial charge >= 0.3 is 71.2 Å². The molecule has 688 valence electrons. The number of urea groups is 2. The van der Waals surface area contributed by atoms with Gasteiger partial charge in [0.1, 0.15) is 23.7 Å². The van der Waals surface area contributed by atoms with Crippen molar-refractivity contribution < 1.29 is 166 Å². The largest absolute Gasteiger partial charge is 1.00 e. The Morgan fingerprint density at radius 2 is 0.836 bits per heavy atom. The summed E-state index contributed by atoms with van der Waals surface area (Å²) < 4.78 is 68.8. The van der Waals surface area contributed by atoms with Crippen molar-refractivity contribution in [3.63, 3.8) is 0 Å². The molecule has 0 aromatic heterocycles. The Labute approximate surface area is 778 Å². The molecule has 10 aliphatic heterocycles. The molecule has 10 rings (SSSR count). The predicted molar refractivity (Wildman–Crippen MR) is 451 cm³/mol. The Morgan fingerprint density at radius 1 is 0.475 bits per heavy atom. The average Bonchev–Trinajstić information content (AvgIpc) is 1.41. The molecule has 8 saturated heterocycles. The standard InChI is InChI=1S/C47H80N2O11.C46H77ClN2O11.2Na/c1-12-16-25-48-43(54)49-36-19-22-46(60-47(36)24-23-44(11,59-47)37-20-21-45(55,15-4)32(10)56-37)29(7)26-28(6)41(58-46)34(14-3)39(51)30(8)38(50)31(9)40-27(5)17-18-35(57-40)33(13-2)42(52)53;1-11-32(41(52)53)34-16-15-26(4)39(57-34)30(8)37(50)29(7)38(51)33(12-2)40-27(5)25-28(6)45(58-40)20-17-35(49-42(54)48-24-14-23-47)46(60-45)22-21-43(10,59-46)36-18-19-44(55,13-3)31(9)56-36;;/h19,22,27-38,40-41,50,55H,12-18,20-21,23-26H2,1-11H3,(H,52,53)(H2,48,49,54);17,20,26-37,39-40,50,55H,11-16,18-19,21-25H2,1-10H3,(H,52,53)(H2,48,49,54);;/q;;2*+1/p-2/t27-,28-,29+,30-,31-,32-,33+,34-,35+,36+,37+,38+,40+,41-,44-,45+,46-,47-;26-,27-,28+,29-,30-,31-,32+,33-,34+,35+,36+,37+,39+,40-,43-,44+,45-,46-;;/m00../s1. The average molecular weight is 1760 g/mol. The third-order valence-corrected chi connectivity index (χ3v) is 31.2. The summed E-state index contributed by atoms with van der Waals surface area (Å²) in [6.45, 7) is 42.1. The number of carbonyl (C=O) groups is 6. The maximum Gasteiger partial charge on any atom is 1.00 e. The van der Waals surface area contributed by atoms with Gasteiger partial charge in [0.25, 0.3) is 0 Å². The van der Waals surface area contributed by atoms with Crippen molar-refractivity contribution in [2.45, 2.75) is 424 Å². The van der Waals surface area contributed by atoms with Crippen molar-refractivity contribution in [3.05, 3.63) is 24.3 Å². The number of ketones is 2. The fraction of sp³-hybridized carbons (Fsp3) is 0.892. The number of halogens is 1. The second-order valence-corrected chi connectivity index (χ2v) is 39.4. The molecule has 0 aliphatic carbocycles. The van der Waals surface area contributed by atoms with Gasteiger partial charge in [-0.05, 0) is 192 Å². The van der Waals surface area contributed by atoms with Gasteiger partial charge in [0, 0.05) is 103 Å². The van der Waals surface area contributed by atoms with Crippen LogP contribution in [0.4, 0.5) is 9.59 Å². The van der Waals surface area contributed by atoms with E-state index >= 15 is 0 Å². The number of ether oxygens (including phenoxy) is 10. The number of unbranched alkanes of at least 4 members (excludes halogenated alkanes) is 1. The summed E-state index contributed by atoms with van der Waals surface area (Å²) in [4.78, 5) is 79.6. The first-order chi connectivity index (χ1) is 56.5. The Bertz CT molecular complexity index is 3270. The van der Waals surface area contributed by atoms with Crippen LogP contribution in [0, 0.1) is 82.9 Å². The Kier molecular flexibility index (Phi) is 39.5. The number of hydrogen-bond donors (Lipinski definition) is 8. The van der Waals surface area contributed by atoms with Crippen molar-refractivity contribution >= 4 is 47.2 Å². The molecule has 8 fully saturated rings. The van der Waals surface area contributed by atoms with Crippen LogP contribution in [-0.4, -0.2) is 206 Å². The number of Topliss-reactive ketones (excluding diaryl/α,β-unsaturated/α-hetero) is 2. The van der Waals surface area contributed by atoms with E-state index < -0.39 is 172 Å². The van der Waals surface area contributed by atoms with E-state index in [1.54, 1.807) is 13.8 Å². The Morgan fingerprint density at radius 3 is 1.16 bits per heavy atom. The molecule has 10 aliphatic rings. The van der Waals surface area contributed by atoms with Crippen LogP contribution in [-0.2, 0) is 66.5 Å². The zero-order valence-corrected chi connectivity index (χ0v) is 83.1. The molecule has 0 unspecified atom stereocenters. The number of rotatable bonds is 32. The van der Waals surface area contributed by atoms with Crippen molar-refractivity contribution in [2.24, 2.45) is 82.9 Å². The van der Waals surface area contributed by atoms with Crippen LogP contribution in [0.25, 0.3) is 0 Å². The van der Waals surface area contributed by atoms with Gasteiger partial charge in [-0.3, -0.25) is 9.59 Å². The molecule has 36 atom stereocenters. The summed E-state index contributed by atoms with van der Waals surface area (Å²) in [6, 6.07) is -2.04. The number of alkyl halides is 1. The quantitative estimate of drug-likeness (QED) is 0.0172. The summed E-state index contributed by atoms with van der Waals surface area (Å²) in [5.74, 6) is -12.4. The maximum absolute atomic E-state index is 14.6. The first kappa shape index (κ1) is 107. The van der Waals surface area contributed by atoms with Crippen LogP contribution in [0.15, 0.2) is 24.3 Å². The number of carbonyl (C=O) groups excluding carboxylic acids is 6. The third kappa shape index (κ3) is 23.2. The van der Waals surface area contributed by atoms with E-state index in [1.165, 1.54) is 0 Å². The van der Waals surface area contributed by atoms with Gasteiger partial charge in [-0.25, -0.2) is 9.59 Å². The number of nitrogens with one attached hydrogen (secondary N) is 4. The fourth-order valence-corrected chi connectivity index (χ4v) is 22.5. The van der Waals surface area contributed by atoms with Crippen LogP contribution in [0.3, 0.4) is 0 Å². The Hall–Kier alpha value is -1.97. The van der Waals surface area contributed by atoms with Gasteiger partial charge in [-0.2, -0.15) is 0 Å². The van der Waals surface area contributed by atoms with Gasteiger partial charge in [-0.1, -0.05) is 136 Å². The number of hydrogen-bond acceptors (Lipinski definition) is 22. The van der Waals surface area contributed by atoms with E-state index in [2.05, 4.69) is 62.8 Å². The first-order valence-corrected chi connectivity index (χ1v) is 47.1. The van der Waals surface area contributed by atoms with E-state index in [9.17, 15) is 59.4 Å². The molecule has 0 saturated carbocycles. The van der Waals surface area contributed by atoms with Crippen molar-refractivity contribution in [1.29, 1.82) is 0 Å². The van der Waals surface area contributed by atoms with Crippen LogP contribution in [0.2, 0.25) is 0 Å². The molecule has 0 radical (unpaired) electrons. The van der Waals surface area contributed by atoms with Crippen molar-refractivity contribution in [1.82, 2.24) is 21.3 Å². The molecule has 4 amide bonds. The van der Waals surface area contributed by atoms with Crippen LogP contribution >= 0.6 is 11.6 Å². The van der Waals surface area contributed by atoms with E-state index in [-0.39, 0.29) is 137 Å². The molecule has 122 heavy (non-hydrogen) atoms. The summed E-state index contributed by atoms with van der Waals surface area (Å²) >= 11 is 5.88. The molecule has 8 N–H and O–H groups in total. The molecule has 0 bridgehead atoms. The molecule has 26 nitrogen and oxygen atoms in total. The topological polar surface area (TPSA) is 370 Å². The van der Waals surface area contributed by atoms with Gasteiger partial charge in [0.05, 0.1) is 95.7 Å². The zero-order valence-electron chi connectivity index (χ0n) is 78.4. The zero-order chi connectivity index (χ0) is 88.7. The molecule has 0 aromatic rings. The van der Waals surface area contributed by atoms with Gasteiger partial charge in [0.2, 0.25) is 0 Å². The first-order valence-electron chi connectivity index (χ1n) is 46.6. The summed E-state index contributed by atoms with van der Waals surface area (Å²) in [5, 5.41) is 81.9. The molecule has 0 aromatic carbocycles. The fourth-order valence-electron chi connectivity index (χ4n) is 22.3. The predicted octanol–water partition coefficient (Wildman–Crippen LogP) is 5.76. The molecular formula is C93H155ClN4Na2O22. The number of amides is 4. The Balaban J connectivity index is 0.000000330. The maximum atomic E-state index is 14.6. The minimum absolute atomic E-state index is 0. The minimum atomic E-state index is -1.34. The number of carboxylic acid groups (broad SMARTS) is 2. The molecule has 29 heteroatoms. The summed E-state index contributed by atoms with van der Waals surface area (Å²) in [6.07, 6.45) is 15.0. The summed E-state index contributed by atoms with van der Waals surface area (Å²) in [5.41, 5.74) is -3.41. The number of aliphatic hydroxyl groups is 4. The van der Waals surface area contributed by atoms with Crippen LogP contribution < -0.4 is 90.6 Å². The van der Waals surface area contributed by atoms with Crippen molar-refractivity contribution in [3.8, 4) is 0 Å². The molecule has 4 spiro atoms. The molecule has 10 heterocycles. The van der Waals surface area contributed by atoms with Gasteiger partial charge in [-0.15, -0.1) is 11.6 Å².